The molecule has 1 aliphatic heterocycles. The molecule has 0 aliphatic carbocycles. The summed E-state index contributed by atoms with van der Waals surface area (Å²) < 4.78 is 5.26. The van der Waals surface area contributed by atoms with E-state index < -0.39 is 0 Å². The minimum Gasteiger partial charge on any atom is -0.442 e. The number of benzene rings is 1. The SMILES string of the molecule is CC(=O)NCC1CN(c2cc(C)c(C)c(C)c2)C(=O)O1. The standard InChI is InChI=1S/C15H20N2O3/c1-9-5-13(6-10(2)11(9)3)17-8-14(20-15(17)19)7-16-12(4)18/h5-6,14H,7-8H2,1-4H3,(H,16,18). The summed E-state index contributed by atoms with van der Waals surface area (Å²) in [6.07, 6.45) is -0.656. The Kier molecular flexibility index (Phi) is 3.97. The minimum absolute atomic E-state index is 0.124. The maximum atomic E-state index is 11.9. The topological polar surface area (TPSA) is 58.6 Å². The summed E-state index contributed by atoms with van der Waals surface area (Å²) in [5, 5.41) is 2.67. The van der Waals surface area contributed by atoms with Crippen molar-refractivity contribution in [3.8, 4) is 0 Å². The molecule has 1 heterocycles. The quantitative estimate of drug-likeness (QED) is 0.919. The molecule has 0 bridgehead atoms. The molecule has 0 saturated carbocycles. The van der Waals surface area contributed by atoms with E-state index in [1.54, 1.807) is 4.90 Å². The van der Waals surface area contributed by atoms with E-state index in [0.717, 1.165) is 16.8 Å². The van der Waals surface area contributed by atoms with Crippen LogP contribution in [0.2, 0.25) is 0 Å². The molecule has 1 saturated heterocycles. The second-order valence-electron chi connectivity index (χ2n) is 5.26. The zero-order chi connectivity index (χ0) is 14.9. The third-order valence-corrected chi connectivity index (χ3v) is 3.68. The predicted octanol–water partition coefficient (Wildman–Crippen LogP) is 2.07. The van der Waals surface area contributed by atoms with Crippen molar-refractivity contribution in [1.29, 1.82) is 0 Å². The Labute approximate surface area is 118 Å². The van der Waals surface area contributed by atoms with Crippen LogP contribution in [0.3, 0.4) is 0 Å². The predicted molar refractivity (Wildman–Crippen MR) is 77.0 cm³/mol. The Balaban J connectivity index is 2.14. The van der Waals surface area contributed by atoms with Crippen LogP contribution in [0, 0.1) is 20.8 Å². The van der Waals surface area contributed by atoms with Crippen molar-refractivity contribution < 1.29 is 14.3 Å². The van der Waals surface area contributed by atoms with Gasteiger partial charge in [-0.25, -0.2) is 4.79 Å². The van der Waals surface area contributed by atoms with Gasteiger partial charge in [0.2, 0.25) is 5.91 Å². The second kappa shape index (κ2) is 5.53. The van der Waals surface area contributed by atoms with E-state index >= 15 is 0 Å². The summed E-state index contributed by atoms with van der Waals surface area (Å²) >= 11 is 0. The third kappa shape index (κ3) is 2.92. The average Bonchev–Trinajstić information content (AvgIpc) is 2.74. The first-order valence-corrected chi connectivity index (χ1v) is 6.69. The highest BCUT2D eigenvalue weighted by molar-refractivity contribution is 5.90. The van der Waals surface area contributed by atoms with Gasteiger partial charge in [0.1, 0.15) is 6.10 Å². The summed E-state index contributed by atoms with van der Waals surface area (Å²) in [6, 6.07) is 3.98. The minimum atomic E-state index is -0.358. The van der Waals surface area contributed by atoms with Gasteiger partial charge in [-0.1, -0.05) is 0 Å². The lowest BCUT2D eigenvalue weighted by Crippen LogP contribution is -2.33. The van der Waals surface area contributed by atoms with Crippen LogP contribution in [0.5, 0.6) is 0 Å². The highest BCUT2D eigenvalue weighted by Gasteiger charge is 2.32. The Bertz CT molecular complexity index is 531. The van der Waals surface area contributed by atoms with Gasteiger partial charge in [-0.15, -0.1) is 0 Å². The fourth-order valence-electron chi connectivity index (χ4n) is 2.26. The molecule has 1 N–H and O–H groups in total. The van der Waals surface area contributed by atoms with Crippen molar-refractivity contribution in [3.05, 3.63) is 28.8 Å². The third-order valence-electron chi connectivity index (χ3n) is 3.68. The Hall–Kier alpha value is -2.04. The lowest BCUT2D eigenvalue weighted by Gasteiger charge is -2.16. The number of nitrogens with zero attached hydrogens (tertiary/aromatic N) is 1. The molecule has 2 rings (SSSR count). The molecule has 5 nitrogen and oxygen atoms in total. The molecule has 1 unspecified atom stereocenters. The molecule has 1 atom stereocenters. The van der Waals surface area contributed by atoms with Gasteiger partial charge in [0.05, 0.1) is 13.1 Å². The molecule has 0 spiro atoms. The lowest BCUT2D eigenvalue weighted by atomic mass is 10.0. The summed E-state index contributed by atoms with van der Waals surface area (Å²) in [7, 11) is 0. The van der Waals surface area contributed by atoms with Crippen molar-refractivity contribution in [1.82, 2.24) is 5.32 Å². The normalized spacial score (nSPS) is 18.1. The van der Waals surface area contributed by atoms with Crippen LogP contribution >= 0.6 is 0 Å². The number of carbonyl (C=O) groups excluding carboxylic acids is 2. The van der Waals surface area contributed by atoms with Crippen LogP contribution in [0.15, 0.2) is 12.1 Å². The summed E-state index contributed by atoms with van der Waals surface area (Å²) in [5.41, 5.74) is 4.38. The summed E-state index contributed by atoms with van der Waals surface area (Å²) in [5.74, 6) is -0.124. The monoisotopic (exact) mass is 276 g/mol. The molecule has 5 heteroatoms. The smallest absolute Gasteiger partial charge is 0.414 e. The van der Waals surface area contributed by atoms with Crippen LogP contribution in [-0.4, -0.2) is 31.2 Å². The van der Waals surface area contributed by atoms with Gasteiger partial charge >= 0.3 is 6.09 Å². The first-order valence-electron chi connectivity index (χ1n) is 6.69. The number of aryl methyl sites for hydroxylation is 2. The number of nitrogens with one attached hydrogen (secondary N) is 1. The molecule has 1 fully saturated rings. The highest BCUT2D eigenvalue weighted by Crippen LogP contribution is 2.26. The van der Waals surface area contributed by atoms with Crippen molar-refractivity contribution in [2.75, 3.05) is 18.0 Å². The molecule has 1 aromatic rings. The molecule has 2 amide bonds. The van der Waals surface area contributed by atoms with E-state index in [1.165, 1.54) is 12.5 Å². The van der Waals surface area contributed by atoms with Crippen molar-refractivity contribution in [3.63, 3.8) is 0 Å². The van der Waals surface area contributed by atoms with Crippen LogP contribution in [0.25, 0.3) is 0 Å². The summed E-state index contributed by atoms with van der Waals surface area (Å²) in [6.45, 7) is 8.38. The zero-order valence-electron chi connectivity index (χ0n) is 12.3. The first-order chi connectivity index (χ1) is 9.38. The number of carbonyl (C=O) groups is 2. The van der Waals surface area contributed by atoms with E-state index in [0.29, 0.717) is 13.1 Å². The molecular formula is C15H20N2O3. The lowest BCUT2D eigenvalue weighted by molar-refractivity contribution is -0.119. The van der Waals surface area contributed by atoms with E-state index in [-0.39, 0.29) is 18.1 Å². The van der Waals surface area contributed by atoms with E-state index in [2.05, 4.69) is 12.2 Å². The maximum absolute atomic E-state index is 11.9. The molecule has 0 aromatic heterocycles. The molecule has 1 aliphatic rings. The summed E-state index contributed by atoms with van der Waals surface area (Å²) in [4.78, 5) is 24.4. The number of ether oxygens (including phenoxy) is 1. The van der Waals surface area contributed by atoms with Gasteiger partial charge in [-0.3, -0.25) is 9.69 Å². The number of rotatable bonds is 3. The van der Waals surface area contributed by atoms with Gasteiger partial charge in [-0.2, -0.15) is 0 Å². The van der Waals surface area contributed by atoms with Gasteiger partial charge < -0.3 is 10.1 Å². The van der Waals surface area contributed by atoms with Crippen molar-refractivity contribution >= 4 is 17.7 Å². The Morgan fingerprint density at radius 1 is 1.35 bits per heavy atom. The van der Waals surface area contributed by atoms with Gasteiger partial charge in [0, 0.05) is 12.6 Å². The van der Waals surface area contributed by atoms with Crippen LogP contribution in [-0.2, 0) is 9.53 Å². The number of anilines is 1. The Morgan fingerprint density at radius 3 is 2.50 bits per heavy atom. The molecule has 1 aromatic carbocycles. The fraction of sp³-hybridized carbons (Fsp3) is 0.467. The average molecular weight is 276 g/mol. The van der Waals surface area contributed by atoms with Gasteiger partial charge in [0.25, 0.3) is 0 Å². The van der Waals surface area contributed by atoms with Crippen LogP contribution in [0.1, 0.15) is 23.6 Å². The van der Waals surface area contributed by atoms with Crippen molar-refractivity contribution in [2.45, 2.75) is 33.8 Å². The maximum Gasteiger partial charge on any atom is 0.414 e. The van der Waals surface area contributed by atoms with E-state index in [1.807, 2.05) is 26.0 Å². The number of hydrogen-bond acceptors (Lipinski definition) is 3. The highest BCUT2D eigenvalue weighted by atomic mass is 16.6. The number of cyclic esters (lactones) is 1. The van der Waals surface area contributed by atoms with Gasteiger partial charge in [0.15, 0.2) is 0 Å². The van der Waals surface area contributed by atoms with Gasteiger partial charge in [-0.05, 0) is 49.6 Å². The van der Waals surface area contributed by atoms with Crippen molar-refractivity contribution in [2.24, 2.45) is 0 Å². The molecule has 0 radical (unpaired) electrons. The van der Waals surface area contributed by atoms with Crippen LogP contribution in [0.4, 0.5) is 10.5 Å². The molecular weight excluding hydrogens is 256 g/mol. The zero-order valence-corrected chi connectivity index (χ0v) is 12.3. The Morgan fingerprint density at radius 2 is 1.95 bits per heavy atom. The fourth-order valence-corrected chi connectivity index (χ4v) is 2.26. The molecule has 20 heavy (non-hydrogen) atoms. The first kappa shape index (κ1) is 14.4. The number of amides is 2. The second-order valence-corrected chi connectivity index (χ2v) is 5.26. The van der Waals surface area contributed by atoms with Crippen LogP contribution < -0.4 is 10.2 Å². The van der Waals surface area contributed by atoms with E-state index in [4.69, 9.17) is 4.74 Å². The number of hydrogen-bond donors (Lipinski definition) is 1. The van der Waals surface area contributed by atoms with E-state index in [9.17, 15) is 9.59 Å². The molecule has 108 valence electrons. The largest absolute Gasteiger partial charge is 0.442 e.